The summed E-state index contributed by atoms with van der Waals surface area (Å²) in [5, 5.41) is 12.9. The van der Waals surface area contributed by atoms with E-state index in [4.69, 9.17) is 4.42 Å². The predicted molar refractivity (Wildman–Crippen MR) is 82.5 cm³/mol. The number of hydrogen-bond acceptors (Lipinski definition) is 3. The minimum atomic E-state index is -0.361. The van der Waals surface area contributed by atoms with E-state index >= 15 is 0 Å². The van der Waals surface area contributed by atoms with E-state index in [0.717, 1.165) is 22.3 Å². The maximum Gasteiger partial charge on any atom is 0.262 e. The van der Waals surface area contributed by atoms with Gasteiger partial charge in [-0.05, 0) is 26.0 Å². The molecular weight excluding hydrogens is 264 g/mol. The standard InChI is InChI=1S/C17H18N2O2/c1-4-15-14(13-7-5-6-8-16(13)21-15)9-12(10-18)17(20)19-11(2)3/h5-9,11H,4H2,1-3H3,(H,19,20)/b12-9+. The van der Waals surface area contributed by atoms with Gasteiger partial charge in [-0.25, -0.2) is 0 Å². The Morgan fingerprint density at radius 3 is 2.76 bits per heavy atom. The highest BCUT2D eigenvalue weighted by Gasteiger charge is 2.15. The van der Waals surface area contributed by atoms with Crippen molar-refractivity contribution in [3.8, 4) is 6.07 Å². The van der Waals surface area contributed by atoms with Gasteiger partial charge in [0.05, 0.1) is 0 Å². The van der Waals surface area contributed by atoms with E-state index < -0.39 is 0 Å². The van der Waals surface area contributed by atoms with Crippen molar-refractivity contribution in [2.24, 2.45) is 0 Å². The van der Waals surface area contributed by atoms with Gasteiger partial charge in [0, 0.05) is 23.4 Å². The fourth-order valence-electron chi connectivity index (χ4n) is 2.17. The summed E-state index contributed by atoms with van der Waals surface area (Å²) in [6.45, 7) is 5.70. The summed E-state index contributed by atoms with van der Waals surface area (Å²) in [6.07, 6.45) is 2.31. The van der Waals surface area contributed by atoms with Gasteiger partial charge in [-0.3, -0.25) is 4.79 Å². The van der Waals surface area contributed by atoms with Gasteiger partial charge in [0.25, 0.3) is 5.91 Å². The number of nitrogens with one attached hydrogen (secondary N) is 1. The van der Waals surface area contributed by atoms with Crippen molar-refractivity contribution in [3.63, 3.8) is 0 Å². The fourth-order valence-corrected chi connectivity index (χ4v) is 2.17. The zero-order valence-corrected chi connectivity index (χ0v) is 12.4. The number of nitrogens with zero attached hydrogens (tertiary/aromatic N) is 1. The number of benzene rings is 1. The van der Waals surface area contributed by atoms with E-state index in [0.29, 0.717) is 6.42 Å². The molecule has 0 unspecified atom stereocenters. The molecule has 0 atom stereocenters. The average molecular weight is 282 g/mol. The molecule has 0 radical (unpaired) electrons. The number of carbonyl (C=O) groups is 1. The monoisotopic (exact) mass is 282 g/mol. The van der Waals surface area contributed by atoms with Gasteiger partial charge in [-0.2, -0.15) is 5.26 Å². The zero-order chi connectivity index (χ0) is 15.4. The van der Waals surface area contributed by atoms with Crippen LogP contribution in [-0.4, -0.2) is 11.9 Å². The lowest BCUT2D eigenvalue weighted by Gasteiger charge is -2.06. The molecule has 0 aliphatic heterocycles. The summed E-state index contributed by atoms with van der Waals surface area (Å²) in [4.78, 5) is 12.0. The van der Waals surface area contributed by atoms with Crippen LogP contribution in [0.15, 0.2) is 34.3 Å². The molecule has 0 aliphatic carbocycles. The van der Waals surface area contributed by atoms with Crippen LogP contribution in [0.3, 0.4) is 0 Å². The van der Waals surface area contributed by atoms with Gasteiger partial charge < -0.3 is 9.73 Å². The first-order valence-corrected chi connectivity index (χ1v) is 6.99. The van der Waals surface area contributed by atoms with Crippen LogP contribution >= 0.6 is 0 Å². The summed E-state index contributed by atoms with van der Waals surface area (Å²) < 4.78 is 5.77. The second-order valence-corrected chi connectivity index (χ2v) is 5.09. The Balaban J connectivity index is 2.52. The van der Waals surface area contributed by atoms with E-state index in [1.165, 1.54) is 0 Å². The molecule has 4 heteroatoms. The highest BCUT2D eigenvalue weighted by molar-refractivity contribution is 6.04. The van der Waals surface area contributed by atoms with Crippen molar-refractivity contribution in [1.29, 1.82) is 5.26 Å². The largest absolute Gasteiger partial charge is 0.460 e. The SMILES string of the molecule is CCc1oc2ccccc2c1/C=C(\C#N)C(=O)NC(C)C. The number of nitriles is 1. The van der Waals surface area contributed by atoms with E-state index in [2.05, 4.69) is 5.32 Å². The maximum atomic E-state index is 12.0. The molecule has 1 aromatic heterocycles. The number of aryl methyl sites for hydroxylation is 1. The molecule has 0 spiro atoms. The molecule has 2 rings (SSSR count). The molecule has 0 bridgehead atoms. The van der Waals surface area contributed by atoms with E-state index in [1.54, 1.807) is 6.08 Å². The first-order chi connectivity index (χ1) is 10.1. The molecule has 0 saturated heterocycles. The minimum Gasteiger partial charge on any atom is -0.460 e. The molecule has 1 N–H and O–H groups in total. The summed E-state index contributed by atoms with van der Waals surface area (Å²) in [5.41, 5.74) is 1.66. The number of hydrogen-bond donors (Lipinski definition) is 1. The van der Waals surface area contributed by atoms with Crippen LogP contribution in [0.2, 0.25) is 0 Å². The van der Waals surface area contributed by atoms with Crippen molar-refractivity contribution in [2.45, 2.75) is 33.2 Å². The zero-order valence-electron chi connectivity index (χ0n) is 12.4. The Hall–Kier alpha value is -2.54. The quantitative estimate of drug-likeness (QED) is 0.690. The van der Waals surface area contributed by atoms with Gasteiger partial charge in [-0.15, -0.1) is 0 Å². The van der Waals surface area contributed by atoms with Crippen LogP contribution in [-0.2, 0) is 11.2 Å². The second kappa shape index (κ2) is 6.27. The molecule has 4 nitrogen and oxygen atoms in total. The van der Waals surface area contributed by atoms with Crippen LogP contribution in [0.1, 0.15) is 32.1 Å². The fraction of sp³-hybridized carbons (Fsp3) is 0.294. The molecule has 0 aliphatic rings. The molecule has 108 valence electrons. The molecule has 0 saturated carbocycles. The first kappa shape index (κ1) is 14.9. The van der Waals surface area contributed by atoms with Gasteiger partial charge >= 0.3 is 0 Å². The summed E-state index contributed by atoms with van der Waals surface area (Å²) in [5.74, 6) is 0.418. The molecular formula is C17H18N2O2. The second-order valence-electron chi connectivity index (χ2n) is 5.09. The van der Waals surface area contributed by atoms with Crippen molar-refractivity contribution >= 4 is 23.0 Å². The van der Waals surface area contributed by atoms with Crippen molar-refractivity contribution in [2.75, 3.05) is 0 Å². The van der Waals surface area contributed by atoms with Crippen molar-refractivity contribution < 1.29 is 9.21 Å². The Bertz CT molecular complexity index is 733. The van der Waals surface area contributed by atoms with Crippen LogP contribution < -0.4 is 5.32 Å². The lowest BCUT2D eigenvalue weighted by atomic mass is 10.1. The topological polar surface area (TPSA) is 66.0 Å². The third kappa shape index (κ3) is 3.14. The van der Waals surface area contributed by atoms with Crippen molar-refractivity contribution in [1.82, 2.24) is 5.32 Å². The van der Waals surface area contributed by atoms with Gasteiger partial charge in [0.1, 0.15) is 23.0 Å². The van der Waals surface area contributed by atoms with Crippen LogP contribution in [0.4, 0.5) is 0 Å². The van der Waals surface area contributed by atoms with E-state index in [-0.39, 0.29) is 17.5 Å². The Kier molecular flexibility index (Phi) is 4.44. The number of fused-ring (bicyclic) bond motifs is 1. The number of amides is 1. The molecule has 1 aromatic carbocycles. The minimum absolute atomic E-state index is 0.0130. The number of carbonyl (C=O) groups excluding carboxylic acids is 1. The van der Waals surface area contributed by atoms with Gasteiger partial charge in [0.2, 0.25) is 0 Å². The molecule has 1 amide bonds. The Morgan fingerprint density at radius 1 is 1.43 bits per heavy atom. The summed E-state index contributed by atoms with van der Waals surface area (Å²) in [6, 6.07) is 9.58. The molecule has 0 fully saturated rings. The number of para-hydroxylation sites is 1. The Labute approximate surface area is 124 Å². The maximum absolute atomic E-state index is 12.0. The van der Waals surface area contributed by atoms with Crippen molar-refractivity contribution in [3.05, 3.63) is 41.2 Å². The molecule has 1 heterocycles. The summed E-state index contributed by atoms with van der Waals surface area (Å²) in [7, 11) is 0. The normalized spacial score (nSPS) is 11.7. The Morgan fingerprint density at radius 2 is 2.14 bits per heavy atom. The number of furan rings is 1. The first-order valence-electron chi connectivity index (χ1n) is 6.99. The van der Waals surface area contributed by atoms with Crippen LogP contribution in [0.5, 0.6) is 0 Å². The predicted octanol–water partition coefficient (Wildman–Crippen LogP) is 3.43. The average Bonchev–Trinajstić information content (AvgIpc) is 2.81. The molecule has 21 heavy (non-hydrogen) atoms. The highest BCUT2D eigenvalue weighted by atomic mass is 16.3. The smallest absolute Gasteiger partial charge is 0.262 e. The lowest BCUT2D eigenvalue weighted by molar-refractivity contribution is -0.117. The summed E-state index contributed by atoms with van der Waals surface area (Å²) >= 11 is 0. The number of rotatable bonds is 4. The van der Waals surface area contributed by atoms with E-state index in [1.807, 2.05) is 51.1 Å². The lowest BCUT2D eigenvalue weighted by Crippen LogP contribution is -2.30. The third-order valence-electron chi connectivity index (χ3n) is 3.11. The van der Waals surface area contributed by atoms with E-state index in [9.17, 15) is 10.1 Å². The van der Waals surface area contributed by atoms with Gasteiger partial charge in [-0.1, -0.05) is 25.1 Å². The van der Waals surface area contributed by atoms with Crippen LogP contribution in [0.25, 0.3) is 17.0 Å². The molecule has 2 aromatic rings. The van der Waals surface area contributed by atoms with Gasteiger partial charge in [0.15, 0.2) is 0 Å². The third-order valence-corrected chi connectivity index (χ3v) is 3.11. The highest BCUT2D eigenvalue weighted by Crippen LogP contribution is 2.28. The van der Waals surface area contributed by atoms with Crippen LogP contribution in [0, 0.1) is 11.3 Å².